The molecule has 4 heteroatoms. The summed E-state index contributed by atoms with van der Waals surface area (Å²) in [6.07, 6.45) is 0.950. The summed E-state index contributed by atoms with van der Waals surface area (Å²) in [5, 5.41) is 3.08. The minimum Gasteiger partial charge on any atom is -0.489 e. The monoisotopic (exact) mass is 338 g/mol. The molecule has 1 aliphatic heterocycles. The second-order valence-corrected chi connectivity index (χ2v) is 6.48. The maximum atomic E-state index is 12.4. The third-order valence-corrected chi connectivity index (χ3v) is 4.75. The Labute approximate surface area is 149 Å². The van der Waals surface area contributed by atoms with Crippen molar-refractivity contribution in [3.63, 3.8) is 0 Å². The Morgan fingerprint density at radius 1 is 1.16 bits per heavy atom. The van der Waals surface area contributed by atoms with Crippen molar-refractivity contribution in [3.05, 3.63) is 65.7 Å². The molecule has 0 unspecified atom stereocenters. The molecule has 1 atom stereocenters. The fraction of sp³-hybridized carbons (Fsp3) is 0.381. The first-order valence-corrected chi connectivity index (χ1v) is 9.01. The molecule has 0 saturated carbocycles. The topological polar surface area (TPSA) is 41.6 Å². The first kappa shape index (κ1) is 17.5. The van der Waals surface area contributed by atoms with Crippen LogP contribution in [0.1, 0.15) is 24.5 Å². The van der Waals surface area contributed by atoms with Gasteiger partial charge in [-0.1, -0.05) is 55.5 Å². The number of carbonyl (C=O) groups excluding carboxylic acids is 1. The maximum Gasteiger partial charge on any atom is 0.224 e. The van der Waals surface area contributed by atoms with Crippen LogP contribution in [0.4, 0.5) is 0 Å². The Hall–Kier alpha value is -2.33. The van der Waals surface area contributed by atoms with Crippen molar-refractivity contribution < 1.29 is 9.53 Å². The van der Waals surface area contributed by atoms with Gasteiger partial charge in [0.15, 0.2) is 0 Å². The van der Waals surface area contributed by atoms with Crippen LogP contribution in [0.5, 0.6) is 5.75 Å². The third-order valence-electron chi connectivity index (χ3n) is 4.75. The predicted molar refractivity (Wildman–Crippen MR) is 99.3 cm³/mol. The highest BCUT2D eigenvalue weighted by Crippen LogP contribution is 2.20. The van der Waals surface area contributed by atoms with E-state index < -0.39 is 0 Å². The quantitative estimate of drug-likeness (QED) is 0.843. The van der Waals surface area contributed by atoms with Gasteiger partial charge in [-0.15, -0.1) is 0 Å². The van der Waals surface area contributed by atoms with Gasteiger partial charge in [-0.25, -0.2) is 0 Å². The highest BCUT2D eigenvalue weighted by molar-refractivity contribution is 5.79. The number of ether oxygens (including phenoxy) is 1. The highest BCUT2D eigenvalue weighted by atomic mass is 16.5. The average molecular weight is 338 g/mol. The lowest BCUT2D eigenvalue weighted by Gasteiger charge is -2.15. The number of nitrogens with one attached hydrogen (secondary N) is 1. The van der Waals surface area contributed by atoms with Crippen molar-refractivity contribution in [2.45, 2.75) is 26.5 Å². The Morgan fingerprint density at radius 2 is 1.92 bits per heavy atom. The normalized spacial score (nSPS) is 17.4. The van der Waals surface area contributed by atoms with Crippen LogP contribution >= 0.6 is 0 Å². The SMILES string of the molecule is CCN1CC[C@H](C(=O)NCc2ccccc2OCc2ccccc2)C1. The lowest BCUT2D eigenvalue weighted by molar-refractivity contribution is -0.124. The van der Waals surface area contributed by atoms with E-state index in [-0.39, 0.29) is 11.8 Å². The fourth-order valence-corrected chi connectivity index (χ4v) is 3.19. The van der Waals surface area contributed by atoms with E-state index in [1.807, 2.05) is 54.6 Å². The summed E-state index contributed by atoms with van der Waals surface area (Å²) < 4.78 is 5.96. The zero-order chi connectivity index (χ0) is 17.5. The van der Waals surface area contributed by atoms with E-state index in [1.54, 1.807) is 0 Å². The molecule has 0 radical (unpaired) electrons. The molecule has 1 N–H and O–H groups in total. The van der Waals surface area contributed by atoms with Crippen LogP contribution in [0.2, 0.25) is 0 Å². The number of hydrogen-bond donors (Lipinski definition) is 1. The Balaban J connectivity index is 1.55. The number of carbonyl (C=O) groups is 1. The summed E-state index contributed by atoms with van der Waals surface area (Å²) in [6.45, 7) is 6.08. The minimum absolute atomic E-state index is 0.109. The molecule has 1 saturated heterocycles. The van der Waals surface area contributed by atoms with Gasteiger partial charge in [0, 0.05) is 18.7 Å². The van der Waals surface area contributed by atoms with Crippen molar-refractivity contribution in [2.24, 2.45) is 5.92 Å². The van der Waals surface area contributed by atoms with Gasteiger partial charge >= 0.3 is 0 Å². The predicted octanol–water partition coefficient (Wildman–Crippen LogP) is 3.22. The second-order valence-electron chi connectivity index (χ2n) is 6.48. The molecule has 0 spiro atoms. The van der Waals surface area contributed by atoms with Crippen molar-refractivity contribution in [1.29, 1.82) is 0 Å². The van der Waals surface area contributed by atoms with Gasteiger partial charge < -0.3 is 15.0 Å². The van der Waals surface area contributed by atoms with E-state index in [2.05, 4.69) is 17.1 Å². The molecule has 2 aromatic rings. The number of hydrogen-bond acceptors (Lipinski definition) is 3. The van der Waals surface area contributed by atoms with E-state index in [4.69, 9.17) is 4.74 Å². The lowest BCUT2D eigenvalue weighted by atomic mass is 10.1. The molecule has 132 valence electrons. The summed E-state index contributed by atoms with van der Waals surface area (Å²) >= 11 is 0. The molecular weight excluding hydrogens is 312 g/mol. The summed E-state index contributed by atoms with van der Waals surface area (Å²) in [6, 6.07) is 18.0. The fourth-order valence-electron chi connectivity index (χ4n) is 3.19. The number of rotatable bonds is 7. The molecule has 1 amide bonds. The Morgan fingerprint density at radius 3 is 2.68 bits per heavy atom. The number of nitrogens with zero attached hydrogens (tertiary/aromatic N) is 1. The highest BCUT2D eigenvalue weighted by Gasteiger charge is 2.27. The zero-order valence-corrected chi connectivity index (χ0v) is 14.8. The molecule has 1 aliphatic rings. The standard InChI is InChI=1S/C21H26N2O2/c1-2-23-13-12-19(15-23)21(24)22-14-18-10-6-7-11-20(18)25-16-17-8-4-3-5-9-17/h3-11,19H,2,12-16H2,1H3,(H,22,24)/t19-/m0/s1. The number of benzene rings is 2. The molecule has 4 nitrogen and oxygen atoms in total. The van der Waals surface area contributed by atoms with E-state index in [9.17, 15) is 4.79 Å². The Kier molecular flexibility index (Phi) is 6.07. The summed E-state index contributed by atoms with van der Waals surface area (Å²) in [5.74, 6) is 1.08. The van der Waals surface area contributed by atoms with E-state index in [1.165, 1.54) is 0 Å². The summed E-state index contributed by atoms with van der Waals surface area (Å²) in [7, 11) is 0. The van der Waals surface area contributed by atoms with Crippen LogP contribution in [0.3, 0.4) is 0 Å². The molecule has 3 rings (SSSR count). The maximum absolute atomic E-state index is 12.4. The smallest absolute Gasteiger partial charge is 0.224 e. The third kappa shape index (κ3) is 4.83. The van der Waals surface area contributed by atoms with Gasteiger partial charge in [0.25, 0.3) is 0 Å². The van der Waals surface area contributed by atoms with Crippen LogP contribution in [0, 0.1) is 5.92 Å². The van der Waals surface area contributed by atoms with Crippen LogP contribution in [0.15, 0.2) is 54.6 Å². The number of amides is 1. The van der Waals surface area contributed by atoms with E-state index >= 15 is 0 Å². The molecular formula is C21H26N2O2. The largest absolute Gasteiger partial charge is 0.489 e. The summed E-state index contributed by atoms with van der Waals surface area (Å²) in [4.78, 5) is 14.7. The Bertz CT molecular complexity index is 687. The van der Waals surface area contributed by atoms with Gasteiger partial charge in [-0.05, 0) is 31.1 Å². The van der Waals surface area contributed by atoms with Crippen LogP contribution in [-0.4, -0.2) is 30.4 Å². The molecule has 1 heterocycles. The molecule has 1 fully saturated rings. The summed E-state index contributed by atoms with van der Waals surface area (Å²) in [5.41, 5.74) is 2.14. The lowest BCUT2D eigenvalue weighted by Crippen LogP contribution is -2.32. The molecule has 2 aromatic carbocycles. The van der Waals surface area contributed by atoms with E-state index in [0.717, 1.165) is 42.9 Å². The number of para-hydroxylation sites is 1. The van der Waals surface area contributed by atoms with Gasteiger partial charge in [-0.3, -0.25) is 4.79 Å². The van der Waals surface area contributed by atoms with Crippen LogP contribution < -0.4 is 10.1 Å². The van der Waals surface area contributed by atoms with Gasteiger partial charge in [0.05, 0.1) is 5.92 Å². The van der Waals surface area contributed by atoms with Crippen LogP contribution in [-0.2, 0) is 17.9 Å². The van der Waals surface area contributed by atoms with Crippen molar-refractivity contribution in [2.75, 3.05) is 19.6 Å². The van der Waals surface area contributed by atoms with Crippen molar-refractivity contribution in [1.82, 2.24) is 10.2 Å². The van der Waals surface area contributed by atoms with E-state index in [0.29, 0.717) is 13.2 Å². The van der Waals surface area contributed by atoms with Gasteiger partial charge in [0.2, 0.25) is 5.91 Å². The van der Waals surface area contributed by atoms with Crippen LogP contribution in [0.25, 0.3) is 0 Å². The molecule has 0 aliphatic carbocycles. The van der Waals surface area contributed by atoms with Gasteiger partial charge in [0.1, 0.15) is 12.4 Å². The van der Waals surface area contributed by atoms with Crippen molar-refractivity contribution in [3.8, 4) is 5.75 Å². The second kappa shape index (κ2) is 8.67. The molecule has 0 aromatic heterocycles. The van der Waals surface area contributed by atoms with Crippen molar-refractivity contribution >= 4 is 5.91 Å². The zero-order valence-electron chi connectivity index (χ0n) is 14.8. The molecule has 25 heavy (non-hydrogen) atoms. The first-order chi connectivity index (χ1) is 12.3. The van der Waals surface area contributed by atoms with Gasteiger partial charge in [-0.2, -0.15) is 0 Å². The first-order valence-electron chi connectivity index (χ1n) is 9.01. The minimum atomic E-state index is 0.109. The molecule has 0 bridgehead atoms. The average Bonchev–Trinajstić information content (AvgIpc) is 3.15. The number of likely N-dealkylation sites (tertiary alicyclic amines) is 1.